The molecule has 70 valence electrons. The Morgan fingerprint density at radius 2 is 1.75 bits per heavy atom. The van der Waals surface area contributed by atoms with Crippen LogP contribution in [0.3, 0.4) is 0 Å². The summed E-state index contributed by atoms with van der Waals surface area (Å²) in [5.41, 5.74) is 0. The van der Waals surface area contributed by atoms with Gasteiger partial charge in [0, 0.05) is 6.42 Å². The molecule has 0 aliphatic heterocycles. The van der Waals surface area contributed by atoms with Crippen LogP contribution in [-0.2, 0) is 4.79 Å². The summed E-state index contributed by atoms with van der Waals surface area (Å²) in [7, 11) is 0. The first-order valence-electron chi connectivity index (χ1n) is 4.94. The Labute approximate surface area is 74.0 Å². The summed E-state index contributed by atoms with van der Waals surface area (Å²) in [6, 6.07) is 0. The Morgan fingerprint density at radius 3 is 2.17 bits per heavy atom. The van der Waals surface area contributed by atoms with Crippen molar-refractivity contribution in [3.05, 3.63) is 0 Å². The largest absolute Gasteiger partial charge is 0.481 e. The standard InChI is InChI=1S/C10H18O2/c1-2-8-3-5-9(6-4-8)7-10(11)12/h8-9H,2-7H2,1H3,(H,11,12)/t8-,9-. The van der Waals surface area contributed by atoms with E-state index in [1.54, 1.807) is 0 Å². The third-order valence-electron chi connectivity index (χ3n) is 3.01. The molecule has 0 atom stereocenters. The van der Waals surface area contributed by atoms with Crippen molar-refractivity contribution in [3.63, 3.8) is 0 Å². The molecule has 12 heavy (non-hydrogen) atoms. The first-order chi connectivity index (χ1) is 5.72. The number of aliphatic carboxylic acids is 1. The molecule has 0 saturated heterocycles. The van der Waals surface area contributed by atoms with Gasteiger partial charge in [0.15, 0.2) is 0 Å². The van der Waals surface area contributed by atoms with E-state index in [4.69, 9.17) is 5.11 Å². The summed E-state index contributed by atoms with van der Waals surface area (Å²) in [4.78, 5) is 10.4. The zero-order valence-electron chi connectivity index (χ0n) is 7.75. The maximum Gasteiger partial charge on any atom is 0.303 e. The topological polar surface area (TPSA) is 37.3 Å². The van der Waals surface area contributed by atoms with Gasteiger partial charge in [-0.25, -0.2) is 0 Å². The highest BCUT2D eigenvalue weighted by Crippen LogP contribution is 2.32. The van der Waals surface area contributed by atoms with Gasteiger partial charge in [0.25, 0.3) is 0 Å². The molecule has 1 fully saturated rings. The summed E-state index contributed by atoms with van der Waals surface area (Å²) in [5.74, 6) is 0.704. The van der Waals surface area contributed by atoms with Gasteiger partial charge in [-0.2, -0.15) is 0 Å². The summed E-state index contributed by atoms with van der Waals surface area (Å²) in [6.07, 6.45) is 6.40. The zero-order valence-corrected chi connectivity index (χ0v) is 7.75. The van der Waals surface area contributed by atoms with Crippen molar-refractivity contribution in [2.45, 2.75) is 45.4 Å². The van der Waals surface area contributed by atoms with Gasteiger partial charge in [0.2, 0.25) is 0 Å². The molecule has 1 saturated carbocycles. The van der Waals surface area contributed by atoms with Gasteiger partial charge in [-0.1, -0.05) is 26.2 Å². The second kappa shape index (κ2) is 4.48. The minimum absolute atomic E-state index is 0.385. The molecule has 1 N–H and O–H groups in total. The van der Waals surface area contributed by atoms with Crippen molar-refractivity contribution in [3.8, 4) is 0 Å². The third-order valence-corrected chi connectivity index (χ3v) is 3.01. The fraction of sp³-hybridized carbons (Fsp3) is 0.900. The lowest BCUT2D eigenvalue weighted by molar-refractivity contribution is -0.138. The first kappa shape index (κ1) is 9.56. The van der Waals surface area contributed by atoms with Gasteiger partial charge in [-0.05, 0) is 24.7 Å². The summed E-state index contributed by atoms with van der Waals surface area (Å²) in [6.45, 7) is 2.22. The van der Waals surface area contributed by atoms with Crippen LogP contribution in [0.1, 0.15) is 45.4 Å². The number of hydrogen-bond donors (Lipinski definition) is 1. The van der Waals surface area contributed by atoms with Crippen LogP contribution in [0.5, 0.6) is 0 Å². The fourth-order valence-electron chi connectivity index (χ4n) is 2.09. The normalized spacial score (nSPS) is 30.1. The molecule has 1 aliphatic carbocycles. The van der Waals surface area contributed by atoms with E-state index in [9.17, 15) is 4.79 Å². The predicted octanol–water partition coefficient (Wildman–Crippen LogP) is 2.68. The van der Waals surface area contributed by atoms with Gasteiger partial charge in [0.1, 0.15) is 0 Å². The summed E-state index contributed by atoms with van der Waals surface area (Å²) < 4.78 is 0. The Morgan fingerprint density at radius 1 is 1.25 bits per heavy atom. The molecule has 0 bridgehead atoms. The van der Waals surface area contributed by atoms with E-state index in [1.807, 2.05) is 0 Å². The molecule has 0 aromatic heterocycles. The molecular weight excluding hydrogens is 152 g/mol. The highest BCUT2D eigenvalue weighted by Gasteiger charge is 2.21. The van der Waals surface area contributed by atoms with E-state index in [1.165, 1.54) is 19.3 Å². The number of carbonyl (C=O) groups is 1. The highest BCUT2D eigenvalue weighted by atomic mass is 16.4. The lowest BCUT2D eigenvalue weighted by atomic mass is 9.79. The van der Waals surface area contributed by atoms with Crippen LogP contribution in [-0.4, -0.2) is 11.1 Å². The Kier molecular flexibility index (Phi) is 3.57. The third kappa shape index (κ3) is 2.84. The molecule has 0 amide bonds. The van der Waals surface area contributed by atoms with Crippen LogP contribution < -0.4 is 0 Å². The van der Waals surface area contributed by atoms with Crippen LogP contribution in [0.2, 0.25) is 0 Å². The van der Waals surface area contributed by atoms with E-state index in [-0.39, 0.29) is 0 Å². The molecular formula is C10H18O2. The van der Waals surface area contributed by atoms with Gasteiger partial charge in [-0.15, -0.1) is 0 Å². The van der Waals surface area contributed by atoms with Crippen LogP contribution >= 0.6 is 0 Å². The Balaban J connectivity index is 2.21. The molecule has 1 rings (SSSR count). The van der Waals surface area contributed by atoms with E-state index in [0.717, 1.165) is 18.8 Å². The van der Waals surface area contributed by atoms with Crippen molar-refractivity contribution < 1.29 is 9.90 Å². The zero-order chi connectivity index (χ0) is 8.97. The molecule has 0 unspecified atom stereocenters. The minimum Gasteiger partial charge on any atom is -0.481 e. The molecule has 0 aromatic rings. The predicted molar refractivity (Wildman–Crippen MR) is 48.0 cm³/mol. The number of carboxylic acid groups (broad SMARTS) is 1. The van der Waals surface area contributed by atoms with Gasteiger partial charge >= 0.3 is 5.97 Å². The lowest BCUT2D eigenvalue weighted by Gasteiger charge is -2.26. The SMILES string of the molecule is CC[C@H]1CC[C@H](CC(=O)O)CC1. The van der Waals surface area contributed by atoms with Crippen LogP contribution in [0.15, 0.2) is 0 Å². The van der Waals surface area contributed by atoms with Crippen molar-refractivity contribution in [2.75, 3.05) is 0 Å². The Hall–Kier alpha value is -0.530. The van der Waals surface area contributed by atoms with Crippen molar-refractivity contribution in [2.24, 2.45) is 11.8 Å². The van der Waals surface area contributed by atoms with Gasteiger partial charge in [0.05, 0.1) is 0 Å². The maximum atomic E-state index is 10.4. The van der Waals surface area contributed by atoms with Crippen LogP contribution in [0.25, 0.3) is 0 Å². The summed E-state index contributed by atoms with van der Waals surface area (Å²) in [5, 5.41) is 8.59. The lowest BCUT2D eigenvalue weighted by Crippen LogP contribution is -2.16. The number of hydrogen-bond acceptors (Lipinski definition) is 1. The second-order valence-corrected chi connectivity index (χ2v) is 3.89. The number of rotatable bonds is 3. The van der Waals surface area contributed by atoms with Crippen molar-refractivity contribution in [1.82, 2.24) is 0 Å². The average Bonchev–Trinajstić information content (AvgIpc) is 2.05. The van der Waals surface area contributed by atoms with Crippen LogP contribution in [0, 0.1) is 11.8 Å². The Bertz CT molecular complexity index is 146. The van der Waals surface area contributed by atoms with E-state index in [2.05, 4.69) is 6.92 Å². The monoisotopic (exact) mass is 170 g/mol. The van der Waals surface area contributed by atoms with E-state index >= 15 is 0 Å². The molecule has 1 aliphatic rings. The van der Waals surface area contributed by atoms with E-state index < -0.39 is 5.97 Å². The second-order valence-electron chi connectivity index (χ2n) is 3.89. The van der Waals surface area contributed by atoms with E-state index in [0.29, 0.717) is 12.3 Å². The fourth-order valence-corrected chi connectivity index (χ4v) is 2.09. The van der Waals surface area contributed by atoms with Crippen molar-refractivity contribution in [1.29, 1.82) is 0 Å². The first-order valence-corrected chi connectivity index (χ1v) is 4.94. The maximum absolute atomic E-state index is 10.4. The molecule has 0 spiro atoms. The molecule has 0 heterocycles. The van der Waals surface area contributed by atoms with Crippen LogP contribution in [0.4, 0.5) is 0 Å². The van der Waals surface area contributed by atoms with Gasteiger partial charge < -0.3 is 5.11 Å². The molecule has 0 aromatic carbocycles. The molecule has 0 radical (unpaired) electrons. The highest BCUT2D eigenvalue weighted by molar-refractivity contribution is 5.67. The number of carboxylic acids is 1. The smallest absolute Gasteiger partial charge is 0.303 e. The molecule has 2 nitrogen and oxygen atoms in total. The summed E-state index contributed by atoms with van der Waals surface area (Å²) >= 11 is 0. The van der Waals surface area contributed by atoms with Gasteiger partial charge in [-0.3, -0.25) is 4.79 Å². The minimum atomic E-state index is -0.630. The quantitative estimate of drug-likeness (QED) is 0.707. The molecule has 2 heteroatoms. The van der Waals surface area contributed by atoms with Crippen molar-refractivity contribution >= 4 is 5.97 Å². The average molecular weight is 170 g/mol.